The molecule has 2 N–H and O–H groups in total. The van der Waals surface area contributed by atoms with Crippen molar-refractivity contribution in [1.82, 2.24) is 10.6 Å². The molecule has 4 nitrogen and oxygen atoms in total. The second-order valence-corrected chi connectivity index (χ2v) is 6.38. The highest BCUT2D eigenvalue weighted by Gasteiger charge is 2.16. The third kappa shape index (κ3) is 4.01. The molecule has 0 aromatic heterocycles. The van der Waals surface area contributed by atoms with E-state index in [4.69, 9.17) is 4.74 Å². The van der Waals surface area contributed by atoms with Crippen LogP contribution in [0, 0.1) is 5.92 Å². The summed E-state index contributed by atoms with van der Waals surface area (Å²) < 4.78 is 5.89. The minimum absolute atomic E-state index is 0.0452. The van der Waals surface area contributed by atoms with Crippen LogP contribution in [0.5, 0.6) is 5.75 Å². The van der Waals surface area contributed by atoms with Gasteiger partial charge in [0.15, 0.2) is 0 Å². The van der Waals surface area contributed by atoms with Gasteiger partial charge in [0.1, 0.15) is 5.75 Å². The molecule has 1 aromatic carbocycles. The summed E-state index contributed by atoms with van der Waals surface area (Å²) in [6, 6.07) is 5.87. The Morgan fingerprint density at radius 3 is 3.05 bits per heavy atom. The molecule has 0 saturated carbocycles. The van der Waals surface area contributed by atoms with E-state index in [1.165, 1.54) is 25.8 Å². The molecule has 2 heterocycles. The zero-order valence-electron chi connectivity index (χ0n) is 13.2. The van der Waals surface area contributed by atoms with Crippen LogP contribution in [0.3, 0.4) is 0 Å². The fourth-order valence-corrected chi connectivity index (χ4v) is 3.40. The van der Waals surface area contributed by atoms with E-state index in [1.54, 1.807) is 0 Å². The van der Waals surface area contributed by atoms with Gasteiger partial charge >= 0.3 is 0 Å². The molecule has 120 valence electrons. The molecule has 0 aliphatic carbocycles. The minimum atomic E-state index is 0.0452. The van der Waals surface area contributed by atoms with Gasteiger partial charge in [-0.1, -0.05) is 0 Å². The van der Waals surface area contributed by atoms with Crippen molar-refractivity contribution in [3.05, 3.63) is 29.3 Å². The van der Waals surface area contributed by atoms with E-state index in [9.17, 15) is 4.79 Å². The second-order valence-electron chi connectivity index (χ2n) is 6.38. The topological polar surface area (TPSA) is 50.4 Å². The summed E-state index contributed by atoms with van der Waals surface area (Å²) in [4.78, 5) is 11.9. The number of benzene rings is 1. The number of hydrogen-bond donors (Lipinski definition) is 2. The van der Waals surface area contributed by atoms with Crippen molar-refractivity contribution in [3.8, 4) is 5.75 Å². The van der Waals surface area contributed by atoms with Crippen LogP contribution in [-0.2, 0) is 6.42 Å². The van der Waals surface area contributed by atoms with E-state index in [1.807, 2.05) is 18.2 Å². The zero-order valence-corrected chi connectivity index (χ0v) is 13.2. The first-order chi connectivity index (χ1) is 10.8. The maximum atomic E-state index is 11.9. The van der Waals surface area contributed by atoms with Crippen LogP contribution < -0.4 is 15.4 Å². The van der Waals surface area contributed by atoms with Gasteiger partial charge in [0.25, 0.3) is 5.91 Å². The zero-order chi connectivity index (χ0) is 15.2. The van der Waals surface area contributed by atoms with Gasteiger partial charge in [-0.3, -0.25) is 4.79 Å². The lowest BCUT2D eigenvalue weighted by molar-refractivity contribution is 0.0956. The van der Waals surface area contributed by atoms with Gasteiger partial charge in [0, 0.05) is 12.1 Å². The predicted molar refractivity (Wildman–Crippen MR) is 87.4 cm³/mol. The van der Waals surface area contributed by atoms with Gasteiger partial charge in [0.2, 0.25) is 0 Å². The summed E-state index contributed by atoms with van der Waals surface area (Å²) >= 11 is 0. The molecule has 1 amide bonds. The Hall–Kier alpha value is -1.55. The monoisotopic (exact) mass is 302 g/mol. The van der Waals surface area contributed by atoms with Gasteiger partial charge in [-0.2, -0.15) is 0 Å². The van der Waals surface area contributed by atoms with Crippen molar-refractivity contribution >= 4 is 5.91 Å². The number of ether oxygens (including phenoxy) is 1. The van der Waals surface area contributed by atoms with Crippen LogP contribution in [0.2, 0.25) is 0 Å². The number of carbonyl (C=O) groups is 1. The highest BCUT2D eigenvalue weighted by molar-refractivity contribution is 5.96. The average Bonchev–Trinajstić information content (AvgIpc) is 2.74. The lowest BCUT2D eigenvalue weighted by atomic mass is 9.95. The minimum Gasteiger partial charge on any atom is -0.494 e. The summed E-state index contributed by atoms with van der Waals surface area (Å²) in [5.74, 6) is 1.76. The molecule has 2 aliphatic heterocycles. The van der Waals surface area contributed by atoms with Crippen LogP contribution >= 0.6 is 0 Å². The Balaban J connectivity index is 1.48. The molecule has 3 rings (SSSR count). The van der Waals surface area contributed by atoms with Gasteiger partial charge in [0.05, 0.1) is 6.61 Å². The Morgan fingerprint density at radius 1 is 1.23 bits per heavy atom. The second kappa shape index (κ2) is 7.63. The molecule has 1 fully saturated rings. The number of hydrogen-bond acceptors (Lipinski definition) is 3. The summed E-state index contributed by atoms with van der Waals surface area (Å²) in [5, 5.41) is 6.38. The number of carbonyl (C=O) groups excluding carboxylic acids is 1. The predicted octanol–water partition coefficient (Wildman–Crippen LogP) is 2.52. The smallest absolute Gasteiger partial charge is 0.251 e. The SMILES string of the molecule is O=C1NCCCc2cc(OCCCC3CCCNC3)ccc21. The van der Waals surface area contributed by atoms with E-state index < -0.39 is 0 Å². The average molecular weight is 302 g/mol. The van der Waals surface area contributed by atoms with Gasteiger partial charge < -0.3 is 15.4 Å². The summed E-state index contributed by atoms with van der Waals surface area (Å²) in [6.45, 7) is 3.87. The maximum Gasteiger partial charge on any atom is 0.251 e. The molecule has 1 aromatic rings. The van der Waals surface area contributed by atoms with Crippen LogP contribution in [0.4, 0.5) is 0 Å². The standard InChI is InChI=1S/C18H26N2O2/c21-18-17-8-7-16(12-15(17)6-2-10-20-18)22-11-3-5-14-4-1-9-19-13-14/h7-8,12,14,19H,1-6,9-11,13H2,(H,20,21). The summed E-state index contributed by atoms with van der Waals surface area (Å²) in [6.07, 6.45) is 6.93. The van der Waals surface area contributed by atoms with Crippen LogP contribution in [0.25, 0.3) is 0 Å². The van der Waals surface area contributed by atoms with Crippen molar-refractivity contribution in [3.63, 3.8) is 0 Å². The van der Waals surface area contributed by atoms with E-state index in [-0.39, 0.29) is 5.91 Å². The van der Waals surface area contributed by atoms with Gasteiger partial charge in [-0.15, -0.1) is 0 Å². The Morgan fingerprint density at radius 2 is 2.18 bits per heavy atom. The van der Waals surface area contributed by atoms with Gasteiger partial charge in [-0.25, -0.2) is 0 Å². The molecular formula is C18H26N2O2. The van der Waals surface area contributed by atoms with Crippen LogP contribution in [0.15, 0.2) is 18.2 Å². The van der Waals surface area contributed by atoms with Crippen LogP contribution in [-0.4, -0.2) is 32.1 Å². The third-order valence-electron chi connectivity index (χ3n) is 4.65. The quantitative estimate of drug-likeness (QED) is 0.822. The van der Waals surface area contributed by atoms with Crippen molar-refractivity contribution < 1.29 is 9.53 Å². The fraction of sp³-hybridized carbons (Fsp3) is 0.611. The first-order valence-corrected chi connectivity index (χ1v) is 8.57. The number of nitrogens with one attached hydrogen (secondary N) is 2. The molecular weight excluding hydrogens is 276 g/mol. The molecule has 22 heavy (non-hydrogen) atoms. The lowest BCUT2D eigenvalue weighted by Gasteiger charge is -2.22. The van der Waals surface area contributed by atoms with Crippen molar-refractivity contribution in [2.45, 2.75) is 38.5 Å². The van der Waals surface area contributed by atoms with E-state index >= 15 is 0 Å². The Labute approximate surface area is 132 Å². The highest BCUT2D eigenvalue weighted by atomic mass is 16.5. The fourth-order valence-electron chi connectivity index (χ4n) is 3.40. The Bertz CT molecular complexity index is 510. The van der Waals surface area contributed by atoms with Gasteiger partial charge in [-0.05, 0) is 81.3 Å². The molecule has 0 bridgehead atoms. The van der Waals surface area contributed by atoms with E-state index in [2.05, 4.69) is 10.6 Å². The summed E-state index contributed by atoms with van der Waals surface area (Å²) in [5.41, 5.74) is 1.92. The highest BCUT2D eigenvalue weighted by Crippen LogP contribution is 2.22. The molecule has 1 saturated heterocycles. The molecule has 0 spiro atoms. The first kappa shape index (κ1) is 15.3. The normalized spacial score (nSPS) is 21.6. The molecule has 1 atom stereocenters. The van der Waals surface area contributed by atoms with Crippen molar-refractivity contribution in [2.75, 3.05) is 26.2 Å². The number of amides is 1. The molecule has 1 unspecified atom stereocenters. The van der Waals surface area contributed by atoms with Crippen LogP contribution in [0.1, 0.15) is 48.0 Å². The third-order valence-corrected chi connectivity index (χ3v) is 4.65. The van der Waals surface area contributed by atoms with Crippen molar-refractivity contribution in [2.24, 2.45) is 5.92 Å². The number of rotatable bonds is 5. The maximum absolute atomic E-state index is 11.9. The molecule has 0 radical (unpaired) electrons. The molecule has 4 heteroatoms. The Kier molecular flexibility index (Phi) is 5.33. The lowest BCUT2D eigenvalue weighted by Crippen LogP contribution is -2.29. The van der Waals surface area contributed by atoms with Crippen molar-refractivity contribution in [1.29, 1.82) is 0 Å². The van der Waals surface area contributed by atoms with E-state index in [0.29, 0.717) is 0 Å². The largest absolute Gasteiger partial charge is 0.494 e. The van der Waals surface area contributed by atoms with E-state index in [0.717, 1.165) is 61.8 Å². The molecule has 2 aliphatic rings. The first-order valence-electron chi connectivity index (χ1n) is 8.57. The summed E-state index contributed by atoms with van der Waals surface area (Å²) in [7, 11) is 0. The number of piperidine rings is 1. The number of aryl methyl sites for hydroxylation is 1. The number of fused-ring (bicyclic) bond motifs is 1.